The third-order valence-corrected chi connectivity index (χ3v) is 2.53. The van der Waals surface area contributed by atoms with Gasteiger partial charge in [0.15, 0.2) is 5.78 Å². The molecule has 5 heteroatoms. The molecule has 0 amide bonds. The minimum atomic E-state index is -0.876. The molecule has 0 spiro atoms. The van der Waals surface area contributed by atoms with Crippen molar-refractivity contribution < 1.29 is 22.7 Å². The maximum atomic E-state index is 13.2. The topological polar surface area (TPSA) is 26.3 Å². The second-order valence-corrected chi connectivity index (χ2v) is 3.83. The fourth-order valence-electron chi connectivity index (χ4n) is 1.70. The van der Waals surface area contributed by atoms with E-state index in [0.29, 0.717) is 6.07 Å². The third-order valence-electron chi connectivity index (χ3n) is 2.53. The van der Waals surface area contributed by atoms with Gasteiger partial charge in [0, 0.05) is 11.6 Å². The molecule has 0 N–H and O–H groups in total. The molecule has 2 nitrogen and oxygen atoms in total. The van der Waals surface area contributed by atoms with Gasteiger partial charge in [-0.2, -0.15) is 0 Å². The summed E-state index contributed by atoms with van der Waals surface area (Å²) in [6, 6.07) is 5.79. The zero-order valence-corrected chi connectivity index (χ0v) is 9.91. The monoisotopic (exact) mass is 266 g/mol. The molecule has 0 aliphatic rings. The van der Waals surface area contributed by atoms with E-state index in [2.05, 4.69) is 0 Å². The zero-order chi connectivity index (χ0) is 14.0. The first-order valence-corrected chi connectivity index (χ1v) is 5.35. The predicted molar refractivity (Wildman–Crippen MR) is 62.7 cm³/mol. The van der Waals surface area contributed by atoms with Gasteiger partial charge in [0.2, 0.25) is 0 Å². The lowest BCUT2D eigenvalue weighted by molar-refractivity contribution is 0.103. The summed E-state index contributed by atoms with van der Waals surface area (Å²) >= 11 is 0. The van der Waals surface area contributed by atoms with Crippen LogP contribution in [0.4, 0.5) is 13.2 Å². The van der Waals surface area contributed by atoms with E-state index >= 15 is 0 Å². The van der Waals surface area contributed by atoms with Gasteiger partial charge < -0.3 is 4.74 Å². The molecule has 0 aliphatic carbocycles. The summed E-state index contributed by atoms with van der Waals surface area (Å²) in [4.78, 5) is 12.1. The average molecular weight is 266 g/mol. The van der Waals surface area contributed by atoms with Crippen LogP contribution in [0.25, 0.3) is 0 Å². The predicted octanol–water partition coefficient (Wildman–Crippen LogP) is 3.34. The zero-order valence-electron chi connectivity index (χ0n) is 9.91. The van der Waals surface area contributed by atoms with Crippen LogP contribution in [0, 0.1) is 17.5 Å². The number of ketones is 1. The fourth-order valence-corrected chi connectivity index (χ4v) is 1.70. The number of methoxy groups -OCH3 is 1. The van der Waals surface area contributed by atoms with E-state index in [4.69, 9.17) is 4.74 Å². The van der Waals surface area contributed by atoms with Crippen LogP contribution in [0.2, 0.25) is 0 Å². The SMILES string of the molecule is COc1ccc(F)cc1C(=O)c1cc(F)cc(F)c1. The Morgan fingerprint density at radius 2 is 1.58 bits per heavy atom. The highest BCUT2D eigenvalue weighted by Crippen LogP contribution is 2.23. The van der Waals surface area contributed by atoms with Crippen LogP contribution in [-0.2, 0) is 0 Å². The van der Waals surface area contributed by atoms with E-state index in [0.717, 1.165) is 24.3 Å². The normalized spacial score (nSPS) is 10.3. The van der Waals surface area contributed by atoms with E-state index in [-0.39, 0.29) is 16.9 Å². The highest BCUT2D eigenvalue weighted by atomic mass is 19.1. The Balaban J connectivity index is 2.52. The van der Waals surface area contributed by atoms with Crippen molar-refractivity contribution >= 4 is 5.78 Å². The van der Waals surface area contributed by atoms with Crippen LogP contribution in [0.15, 0.2) is 36.4 Å². The molecule has 0 unspecified atom stereocenters. The van der Waals surface area contributed by atoms with E-state index in [1.165, 1.54) is 13.2 Å². The van der Waals surface area contributed by atoms with Crippen molar-refractivity contribution in [3.8, 4) is 5.75 Å². The number of rotatable bonds is 3. The molecular weight excluding hydrogens is 257 g/mol. The van der Waals surface area contributed by atoms with Crippen LogP contribution >= 0.6 is 0 Å². The Kier molecular flexibility index (Phi) is 3.55. The second-order valence-electron chi connectivity index (χ2n) is 3.83. The molecular formula is C14H9F3O2. The van der Waals surface area contributed by atoms with Crippen LogP contribution < -0.4 is 4.74 Å². The summed E-state index contributed by atoms with van der Waals surface area (Å²) in [7, 11) is 1.32. The summed E-state index contributed by atoms with van der Waals surface area (Å²) in [6.07, 6.45) is 0. The average Bonchev–Trinajstić information content (AvgIpc) is 2.36. The minimum Gasteiger partial charge on any atom is -0.496 e. The molecule has 2 aromatic rings. The summed E-state index contributed by atoms with van der Waals surface area (Å²) in [5.41, 5.74) is -0.297. The number of ether oxygens (including phenoxy) is 1. The molecule has 98 valence electrons. The van der Waals surface area contributed by atoms with Crippen LogP contribution in [0.5, 0.6) is 5.75 Å². The molecule has 0 fully saturated rings. The smallest absolute Gasteiger partial charge is 0.197 e. The Morgan fingerprint density at radius 3 is 2.16 bits per heavy atom. The first-order chi connectivity index (χ1) is 9.01. The first kappa shape index (κ1) is 13.1. The number of hydrogen-bond acceptors (Lipinski definition) is 2. The van der Waals surface area contributed by atoms with Gasteiger partial charge in [-0.1, -0.05) is 0 Å². The third kappa shape index (κ3) is 2.76. The van der Waals surface area contributed by atoms with Gasteiger partial charge >= 0.3 is 0 Å². The molecule has 2 rings (SSSR count). The van der Waals surface area contributed by atoms with Gasteiger partial charge in [0.05, 0.1) is 12.7 Å². The molecule has 19 heavy (non-hydrogen) atoms. The maximum Gasteiger partial charge on any atom is 0.197 e. The van der Waals surface area contributed by atoms with Crippen LogP contribution in [-0.4, -0.2) is 12.9 Å². The van der Waals surface area contributed by atoms with Crippen molar-refractivity contribution in [2.75, 3.05) is 7.11 Å². The second kappa shape index (κ2) is 5.14. The Bertz CT molecular complexity index is 618. The molecule has 0 radical (unpaired) electrons. The summed E-state index contributed by atoms with van der Waals surface area (Å²) in [5, 5.41) is 0. The Morgan fingerprint density at radius 1 is 0.947 bits per heavy atom. The van der Waals surface area contributed by atoms with Crippen molar-refractivity contribution in [2.45, 2.75) is 0 Å². The molecule has 0 atom stereocenters. The van der Waals surface area contributed by atoms with Crippen molar-refractivity contribution in [1.29, 1.82) is 0 Å². The van der Waals surface area contributed by atoms with Gasteiger partial charge in [-0.05, 0) is 30.3 Å². The lowest BCUT2D eigenvalue weighted by Gasteiger charge is -2.08. The highest BCUT2D eigenvalue weighted by Gasteiger charge is 2.17. The molecule has 0 heterocycles. The lowest BCUT2D eigenvalue weighted by Crippen LogP contribution is -2.05. The highest BCUT2D eigenvalue weighted by molar-refractivity contribution is 6.10. The van der Waals surface area contributed by atoms with Crippen molar-refractivity contribution in [3.63, 3.8) is 0 Å². The van der Waals surface area contributed by atoms with Crippen molar-refractivity contribution in [2.24, 2.45) is 0 Å². The van der Waals surface area contributed by atoms with Crippen LogP contribution in [0.3, 0.4) is 0 Å². The number of hydrogen-bond donors (Lipinski definition) is 0. The molecule has 2 aromatic carbocycles. The van der Waals surface area contributed by atoms with Gasteiger partial charge in [-0.25, -0.2) is 13.2 Å². The molecule has 0 bridgehead atoms. The molecule has 0 aliphatic heterocycles. The number of halogens is 3. The van der Waals surface area contributed by atoms with Gasteiger partial charge in [-0.3, -0.25) is 4.79 Å². The van der Waals surface area contributed by atoms with E-state index in [9.17, 15) is 18.0 Å². The summed E-state index contributed by atoms with van der Waals surface area (Å²) in [5.74, 6) is -2.97. The Hall–Kier alpha value is -2.30. The minimum absolute atomic E-state index is 0.0903. The van der Waals surface area contributed by atoms with E-state index < -0.39 is 23.2 Å². The number of carbonyl (C=O) groups excluding carboxylic acids is 1. The molecule has 0 saturated carbocycles. The maximum absolute atomic E-state index is 13.2. The van der Waals surface area contributed by atoms with Crippen molar-refractivity contribution in [3.05, 3.63) is 65.0 Å². The fraction of sp³-hybridized carbons (Fsp3) is 0.0714. The Labute approximate surface area is 107 Å². The summed E-state index contributed by atoms with van der Waals surface area (Å²) < 4.78 is 44.2. The standard InChI is InChI=1S/C14H9F3O2/c1-19-13-3-2-9(15)7-12(13)14(18)8-4-10(16)6-11(17)5-8/h2-7H,1H3. The van der Waals surface area contributed by atoms with Gasteiger partial charge in [0.25, 0.3) is 0 Å². The number of carbonyl (C=O) groups is 1. The van der Waals surface area contributed by atoms with E-state index in [1.807, 2.05) is 0 Å². The van der Waals surface area contributed by atoms with Gasteiger partial charge in [-0.15, -0.1) is 0 Å². The number of benzene rings is 2. The molecule has 0 aromatic heterocycles. The van der Waals surface area contributed by atoms with Crippen molar-refractivity contribution in [1.82, 2.24) is 0 Å². The van der Waals surface area contributed by atoms with Crippen LogP contribution in [0.1, 0.15) is 15.9 Å². The summed E-state index contributed by atoms with van der Waals surface area (Å²) in [6.45, 7) is 0. The lowest BCUT2D eigenvalue weighted by atomic mass is 10.0. The van der Waals surface area contributed by atoms with E-state index in [1.54, 1.807) is 0 Å². The molecule has 0 saturated heterocycles. The first-order valence-electron chi connectivity index (χ1n) is 5.35. The quantitative estimate of drug-likeness (QED) is 0.796. The van der Waals surface area contributed by atoms with Gasteiger partial charge in [0.1, 0.15) is 23.2 Å². The largest absolute Gasteiger partial charge is 0.496 e.